The molecule has 3 aliphatic rings. The number of halogens is 1. The number of anilines is 1. The summed E-state index contributed by atoms with van der Waals surface area (Å²) in [4.78, 5) is 30.8. The van der Waals surface area contributed by atoms with Crippen molar-refractivity contribution in [1.29, 1.82) is 0 Å². The average Bonchev–Trinajstić information content (AvgIpc) is 3.13. The number of likely N-dealkylation sites (tertiary alicyclic amines) is 2. The fourth-order valence-electron chi connectivity index (χ4n) is 5.56. The summed E-state index contributed by atoms with van der Waals surface area (Å²) >= 11 is 0. The molecule has 182 valence electrons. The number of carbonyl (C=O) groups excluding carboxylic acids is 2. The Morgan fingerprint density at radius 1 is 1.06 bits per heavy atom. The number of piperidine rings is 2. The molecule has 7 nitrogen and oxygen atoms in total. The summed E-state index contributed by atoms with van der Waals surface area (Å²) in [5.41, 5.74) is 1.49. The van der Waals surface area contributed by atoms with E-state index in [1.54, 1.807) is 21.9 Å². The zero-order valence-corrected chi connectivity index (χ0v) is 19.9. The second-order valence-corrected chi connectivity index (χ2v) is 9.45. The van der Waals surface area contributed by atoms with Crippen LogP contribution < -0.4 is 4.90 Å². The second-order valence-electron chi connectivity index (χ2n) is 9.45. The molecule has 0 saturated carbocycles. The Kier molecular flexibility index (Phi) is 7.41. The van der Waals surface area contributed by atoms with Gasteiger partial charge in [-0.1, -0.05) is 13.3 Å². The van der Waals surface area contributed by atoms with Gasteiger partial charge in [-0.15, -0.1) is 0 Å². The second kappa shape index (κ2) is 10.3. The first-order valence-electron chi connectivity index (χ1n) is 12.4. The standard InChI is InChI=1S/C25H36FN3O4/c1-3-5-16-33-24(31)29-18-25(21-17-19(26)6-7-22(21)29)10-14-27(15-11-25)20-8-12-28(13-9-20)23(30)32-4-2/h6-7,17,20H,3-5,8-16,18H2,1-2H3. The van der Waals surface area contributed by atoms with E-state index in [0.29, 0.717) is 25.8 Å². The van der Waals surface area contributed by atoms with Gasteiger partial charge in [0, 0.05) is 31.1 Å². The van der Waals surface area contributed by atoms with Crippen molar-refractivity contribution in [1.82, 2.24) is 9.80 Å². The van der Waals surface area contributed by atoms with Gasteiger partial charge in [0.1, 0.15) is 5.82 Å². The Balaban J connectivity index is 1.40. The molecule has 0 radical (unpaired) electrons. The van der Waals surface area contributed by atoms with Crippen LogP contribution >= 0.6 is 0 Å². The van der Waals surface area contributed by atoms with E-state index in [0.717, 1.165) is 76.0 Å². The molecule has 1 aromatic carbocycles. The lowest BCUT2D eigenvalue weighted by Crippen LogP contribution is -2.52. The number of fused-ring (bicyclic) bond motifs is 2. The van der Waals surface area contributed by atoms with Crippen LogP contribution in [0.5, 0.6) is 0 Å². The Morgan fingerprint density at radius 2 is 1.79 bits per heavy atom. The highest BCUT2D eigenvalue weighted by Crippen LogP contribution is 2.48. The van der Waals surface area contributed by atoms with Crippen LogP contribution in [-0.2, 0) is 14.9 Å². The normalized spacial score (nSPS) is 20.7. The predicted molar refractivity (Wildman–Crippen MR) is 124 cm³/mol. The van der Waals surface area contributed by atoms with Crippen LogP contribution in [-0.4, -0.2) is 74.0 Å². The van der Waals surface area contributed by atoms with Crippen LogP contribution in [0.25, 0.3) is 0 Å². The first-order chi connectivity index (χ1) is 16.0. The van der Waals surface area contributed by atoms with Crippen molar-refractivity contribution < 1.29 is 23.5 Å². The molecule has 3 heterocycles. The number of unbranched alkanes of at least 4 members (excludes halogenated alkanes) is 1. The fraction of sp³-hybridized carbons (Fsp3) is 0.680. The van der Waals surface area contributed by atoms with Gasteiger partial charge in [-0.25, -0.2) is 14.0 Å². The third-order valence-electron chi connectivity index (χ3n) is 7.49. The minimum Gasteiger partial charge on any atom is -0.450 e. The molecule has 0 N–H and O–H groups in total. The number of ether oxygens (including phenoxy) is 2. The largest absolute Gasteiger partial charge is 0.450 e. The monoisotopic (exact) mass is 461 g/mol. The lowest BCUT2D eigenvalue weighted by atomic mass is 9.74. The van der Waals surface area contributed by atoms with Gasteiger partial charge >= 0.3 is 12.2 Å². The van der Waals surface area contributed by atoms with Gasteiger partial charge in [0.15, 0.2) is 0 Å². The first-order valence-corrected chi connectivity index (χ1v) is 12.4. The predicted octanol–water partition coefficient (Wildman–Crippen LogP) is 4.54. The van der Waals surface area contributed by atoms with E-state index in [1.807, 2.05) is 6.92 Å². The number of benzene rings is 1. The lowest BCUT2D eigenvalue weighted by molar-refractivity contribution is 0.0577. The number of nitrogens with zero attached hydrogens (tertiary/aromatic N) is 3. The smallest absolute Gasteiger partial charge is 0.414 e. The molecule has 0 aromatic heterocycles. The van der Waals surface area contributed by atoms with E-state index in [4.69, 9.17) is 9.47 Å². The molecule has 0 bridgehead atoms. The number of rotatable bonds is 5. The minimum absolute atomic E-state index is 0.218. The summed E-state index contributed by atoms with van der Waals surface area (Å²) in [7, 11) is 0. The van der Waals surface area contributed by atoms with Crippen molar-refractivity contribution in [3.63, 3.8) is 0 Å². The van der Waals surface area contributed by atoms with E-state index in [1.165, 1.54) is 6.07 Å². The van der Waals surface area contributed by atoms with Crippen molar-refractivity contribution in [2.45, 2.75) is 63.8 Å². The molecule has 4 rings (SSSR count). The third kappa shape index (κ3) is 4.95. The minimum atomic E-state index is -0.332. The molecule has 0 aliphatic carbocycles. The summed E-state index contributed by atoms with van der Waals surface area (Å²) in [5.74, 6) is -0.261. The number of amides is 2. The molecule has 33 heavy (non-hydrogen) atoms. The Morgan fingerprint density at radius 3 is 2.45 bits per heavy atom. The maximum absolute atomic E-state index is 14.2. The first kappa shape index (κ1) is 23.8. The highest BCUT2D eigenvalue weighted by Gasteiger charge is 2.47. The molecule has 8 heteroatoms. The molecular formula is C25H36FN3O4. The fourth-order valence-corrected chi connectivity index (χ4v) is 5.56. The van der Waals surface area contributed by atoms with Crippen molar-refractivity contribution in [3.05, 3.63) is 29.6 Å². The van der Waals surface area contributed by atoms with Crippen molar-refractivity contribution in [2.24, 2.45) is 0 Å². The molecule has 0 atom stereocenters. The summed E-state index contributed by atoms with van der Waals surface area (Å²) in [6, 6.07) is 5.20. The topological polar surface area (TPSA) is 62.3 Å². The van der Waals surface area contributed by atoms with E-state index in [2.05, 4.69) is 11.8 Å². The lowest BCUT2D eigenvalue weighted by Gasteiger charge is -2.45. The number of hydrogen-bond acceptors (Lipinski definition) is 5. The number of hydrogen-bond donors (Lipinski definition) is 0. The van der Waals surface area contributed by atoms with Gasteiger partial charge in [0.2, 0.25) is 0 Å². The zero-order chi connectivity index (χ0) is 23.4. The van der Waals surface area contributed by atoms with E-state index >= 15 is 0 Å². The van der Waals surface area contributed by atoms with Crippen LogP contribution in [0, 0.1) is 5.82 Å². The van der Waals surface area contributed by atoms with Crippen molar-refractivity contribution in [2.75, 3.05) is 50.8 Å². The summed E-state index contributed by atoms with van der Waals surface area (Å²) in [6.07, 6.45) is 4.88. The average molecular weight is 462 g/mol. The molecule has 1 spiro atoms. The van der Waals surface area contributed by atoms with Crippen molar-refractivity contribution >= 4 is 17.9 Å². The number of carbonyl (C=O) groups is 2. The Hall–Kier alpha value is -2.35. The summed E-state index contributed by atoms with van der Waals surface area (Å²) in [6.45, 7) is 8.49. The molecule has 2 fully saturated rings. The van der Waals surface area contributed by atoms with Gasteiger partial charge in [-0.05, 0) is 75.9 Å². The van der Waals surface area contributed by atoms with Crippen LogP contribution in [0.2, 0.25) is 0 Å². The maximum Gasteiger partial charge on any atom is 0.414 e. The quantitative estimate of drug-likeness (QED) is 0.603. The maximum atomic E-state index is 14.2. The molecular weight excluding hydrogens is 425 g/mol. The highest BCUT2D eigenvalue weighted by molar-refractivity contribution is 5.91. The highest BCUT2D eigenvalue weighted by atomic mass is 19.1. The zero-order valence-electron chi connectivity index (χ0n) is 19.9. The summed E-state index contributed by atoms with van der Waals surface area (Å²) in [5, 5.41) is 0. The van der Waals surface area contributed by atoms with Crippen LogP contribution in [0.4, 0.5) is 19.7 Å². The Labute approximate surface area is 195 Å². The van der Waals surface area contributed by atoms with Crippen LogP contribution in [0.3, 0.4) is 0 Å². The SMILES string of the molecule is CCCCOC(=O)N1CC2(CCN(C3CCN(C(=O)OCC)CC3)CC2)c2cc(F)ccc21. The van der Waals surface area contributed by atoms with Gasteiger partial charge in [-0.3, -0.25) is 4.90 Å². The van der Waals surface area contributed by atoms with Gasteiger partial charge < -0.3 is 19.3 Å². The Bertz CT molecular complexity index is 848. The van der Waals surface area contributed by atoms with Crippen LogP contribution in [0.15, 0.2) is 18.2 Å². The van der Waals surface area contributed by atoms with Gasteiger partial charge in [-0.2, -0.15) is 0 Å². The molecule has 2 saturated heterocycles. The van der Waals surface area contributed by atoms with Crippen molar-refractivity contribution in [3.8, 4) is 0 Å². The summed E-state index contributed by atoms with van der Waals surface area (Å²) < 4.78 is 24.8. The molecule has 3 aliphatic heterocycles. The van der Waals surface area contributed by atoms with Gasteiger partial charge in [0.05, 0.1) is 18.9 Å². The van der Waals surface area contributed by atoms with Gasteiger partial charge in [0.25, 0.3) is 0 Å². The molecule has 1 aromatic rings. The van der Waals surface area contributed by atoms with Crippen LogP contribution in [0.1, 0.15) is 57.9 Å². The van der Waals surface area contributed by atoms with E-state index in [9.17, 15) is 14.0 Å². The molecule has 2 amide bonds. The third-order valence-corrected chi connectivity index (χ3v) is 7.49. The molecule has 0 unspecified atom stereocenters. The van der Waals surface area contributed by atoms with E-state index in [-0.39, 0.29) is 23.4 Å². The van der Waals surface area contributed by atoms with E-state index < -0.39 is 0 Å².